The molecule has 0 aliphatic carbocycles. The van der Waals surface area contributed by atoms with Gasteiger partial charge in [0.25, 0.3) is 0 Å². The van der Waals surface area contributed by atoms with Gasteiger partial charge in [-0.05, 0) is 18.2 Å². The summed E-state index contributed by atoms with van der Waals surface area (Å²) in [6.45, 7) is 4.56. The van der Waals surface area contributed by atoms with Crippen LogP contribution < -0.4 is 10.6 Å². The van der Waals surface area contributed by atoms with Gasteiger partial charge in [-0.1, -0.05) is 6.07 Å². The summed E-state index contributed by atoms with van der Waals surface area (Å²) in [6, 6.07) is 5.20. The van der Waals surface area contributed by atoms with E-state index < -0.39 is 11.9 Å². The number of piperazine rings is 1. The van der Waals surface area contributed by atoms with E-state index >= 15 is 0 Å². The van der Waals surface area contributed by atoms with Gasteiger partial charge >= 0.3 is 11.9 Å². The topological polar surface area (TPSA) is 98.7 Å². The van der Waals surface area contributed by atoms with Gasteiger partial charge in [0.2, 0.25) is 0 Å². The van der Waals surface area contributed by atoms with Crippen molar-refractivity contribution in [3.63, 3.8) is 0 Å². The Labute approximate surface area is 105 Å². The lowest BCUT2D eigenvalue weighted by atomic mass is 10.1. The molecule has 1 saturated heterocycles. The molecule has 1 aliphatic heterocycles. The maximum Gasteiger partial charge on any atom is 0.335 e. The summed E-state index contributed by atoms with van der Waals surface area (Å²) < 4.78 is 0. The van der Waals surface area contributed by atoms with Crippen molar-refractivity contribution in [1.29, 1.82) is 0 Å². The average molecular weight is 252 g/mol. The van der Waals surface area contributed by atoms with Crippen molar-refractivity contribution in [3.05, 3.63) is 35.4 Å². The second-order valence-electron chi connectivity index (χ2n) is 3.69. The molecule has 98 valence electrons. The first-order valence-electron chi connectivity index (χ1n) is 5.59. The number of hydrogen-bond acceptors (Lipinski definition) is 4. The third kappa shape index (κ3) is 4.94. The van der Waals surface area contributed by atoms with E-state index in [-0.39, 0.29) is 11.1 Å². The molecular formula is C12H16N2O4. The molecule has 1 aromatic carbocycles. The summed E-state index contributed by atoms with van der Waals surface area (Å²) in [5.41, 5.74) is -0.0372. The number of carboxylic acid groups (broad SMARTS) is 2. The molecule has 18 heavy (non-hydrogen) atoms. The van der Waals surface area contributed by atoms with Crippen LogP contribution in [-0.4, -0.2) is 48.3 Å². The molecule has 1 aliphatic rings. The maximum atomic E-state index is 10.4. The van der Waals surface area contributed by atoms with Crippen molar-refractivity contribution >= 4 is 11.9 Å². The van der Waals surface area contributed by atoms with E-state index in [9.17, 15) is 9.59 Å². The highest BCUT2D eigenvalue weighted by atomic mass is 16.4. The van der Waals surface area contributed by atoms with Gasteiger partial charge in [0.15, 0.2) is 0 Å². The van der Waals surface area contributed by atoms with Crippen LogP contribution in [0.4, 0.5) is 0 Å². The molecule has 1 aromatic rings. The second-order valence-corrected chi connectivity index (χ2v) is 3.69. The molecule has 0 aromatic heterocycles. The van der Waals surface area contributed by atoms with E-state index in [1.54, 1.807) is 0 Å². The maximum absolute atomic E-state index is 10.4. The van der Waals surface area contributed by atoms with Crippen LogP contribution in [0.25, 0.3) is 0 Å². The zero-order valence-electron chi connectivity index (χ0n) is 9.85. The predicted octanol–water partition coefficient (Wildman–Crippen LogP) is 0.262. The Morgan fingerprint density at radius 3 is 1.56 bits per heavy atom. The van der Waals surface area contributed by atoms with Crippen LogP contribution in [0.15, 0.2) is 24.3 Å². The van der Waals surface area contributed by atoms with Crippen molar-refractivity contribution in [3.8, 4) is 0 Å². The van der Waals surface area contributed by atoms with Gasteiger partial charge in [0.05, 0.1) is 11.1 Å². The van der Waals surface area contributed by atoms with E-state index in [4.69, 9.17) is 10.2 Å². The average Bonchev–Trinajstić information content (AvgIpc) is 2.41. The molecule has 0 amide bonds. The largest absolute Gasteiger partial charge is 0.478 e. The van der Waals surface area contributed by atoms with Crippen molar-refractivity contribution in [2.24, 2.45) is 0 Å². The summed E-state index contributed by atoms with van der Waals surface area (Å²) >= 11 is 0. The van der Waals surface area contributed by atoms with Gasteiger partial charge in [-0.15, -0.1) is 0 Å². The number of rotatable bonds is 2. The summed E-state index contributed by atoms with van der Waals surface area (Å²) in [4.78, 5) is 20.8. The smallest absolute Gasteiger partial charge is 0.335 e. The molecule has 1 fully saturated rings. The molecule has 1 heterocycles. The summed E-state index contributed by atoms with van der Waals surface area (Å²) in [6.07, 6.45) is 0. The molecular weight excluding hydrogens is 236 g/mol. The SMILES string of the molecule is C1CNCCN1.O=C(O)c1cccc(C(=O)O)c1. The van der Waals surface area contributed by atoms with Gasteiger partial charge in [-0.3, -0.25) is 0 Å². The van der Waals surface area contributed by atoms with Gasteiger partial charge in [0, 0.05) is 26.2 Å². The van der Waals surface area contributed by atoms with Crippen molar-refractivity contribution in [2.45, 2.75) is 0 Å². The predicted molar refractivity (Wildman–Crippen MR) is 66.1 cm³/mol. The van der Waals surface area contributed by atoms with Gasteiger partial charge in [0.1, 0.15) is 0 Å². The molecule has 0 unspecified atom stereocenters. The highest BCUT2D eigenvalue weighted by Gasteiger charge is 2.06. The normalized spacial score (nSPS) is 14.2. The minimum atomic E-state index is -1.13. The molecule has 0 atom stereocenters. The standard InChI is InChI=1S/C8H6O4.C4H10N2/c9-7(10)5-2-1-3-6(4-5)8(11)12;1-2-6-4-3-5-1/h1-4H,(H,9,10)(H,11,12);5-6H,1-4H2. The molecule has 0 bridgehead atoms. The van der Waals surface area contributed by atoms with E-state index in [0.29, 0.717) is 0 Å². The Hall–Kier alpha value is -1.92. The fourth-order valence-corrected chi connectivity index (χ4v) is 1.39. The lowest BCUT2D eigenvalue weighted by Gasteiger charge is -2.11. The Bertz CT molecular complexity index is 376. The molecule has 0 saturated carbocycles. The van der Waals surface area contributed by atoms with E-state index in [2.05, 4.69) is 10.6 Å². The zero-order valence-corrected chi connectivity index (χ0v) is 9.85. The van der Waals surface area contributed by atoms with Crippen LogP contribution in [0.1, 0.15) is 20.7 Å². The number of hydrogen-bond donors (Lipinski definition) is 4. The first-order chi connectivity index (χ1) is 8.61. The zero-order chi connectivity index (χ0) is 13.4. The fourth-order valence-electron chi connectivity index (χ4n) is 1.39. The van der Waals surface area contributed by atoms with E-state index in [1.807, 2.05) is 0 Å². The number of benzene rings is 1. The van der Waals surface area contributed by atoms with Crippen molar-refractivity contribution in [1.82, 2.24) is 10.6 Å². The third-order valence-electron chi connectivity index (χ3n) is 2.31. The monoisotopic (exact) mass is 252 g/mol. The van der Waals surface area contributed by atoms with Crippen LogP contribution in [0.2, 0.25) is 0 Å². The van der Waals surface area contributed by atoms with E-state index in [1.165, 1.54) is 18.2 Å². The fraction of sp³-hybridized carbons (Fsp3) is 0.333. The van der Waals surface area contributed by atoms with Crippen LogP contribution in [0, 0.1) is 0 Å². The molecule has 4 N–H and O–H groups in total. The molecule has 6 heteroatoms. The minimum Gasteiger partial charge on any atom is -0.478 e. The molecule has 6 nitrogen and oxygen atoms in total. The highest BCUT2D eigenvalue weighted by molar-refractivity contribution is 5.93. The van der Waals surface area contributed by atoms with Gasteiger partial charge < -0.3 is 20.8 Å². The number of nitrogens with one attached hydrogen (secondary N) is 2. The lowest BCUT2D eigenvalue weighted by molar-refractivity contribution is 0.0696. The Kier molecular flexibility index (Phi) is 5.83. The van der Waals surface area contributed by atoms with Gasteiger partial charge in [-0.2, -0.15) is 0 Å². The summed E-state index contributed by atoms with van der Waals surface area (Å²) in [5.74, 6) is -2.25. The summed E-state index contributed by atoms with van der Waals surface area (Å²) in [7, 11) is 0. The van der Waals surface area contributed by atoms with Crippen LogP contribution >= 0.6 is 0 Å². The Morgan fingerprint density at radius 1 is 0.889 bits per heavy atom. The second kappa shape index (κ2) is 7.41. The highest BCUT2D eigenvalue weighted by Crippen LogP contribution is 2.04. The molecule has 2 rings (SSSR count). The van der Waals surface area contributed by atoms with E-state index in [0.717, 1.165) is 32.2 Å². The third-order valence-corrected chi connectivity index (χ3v) is 2.31. The van der Waals surface area contributed by atoms with Crippen LogP contribution in [0.3, 0.4) is 0 Å². The van der Waals surface area contributed by atoms with Gasteiger partial charge in [-0.25, -0.2) is 9.59 Å². The van der Waals surface area contributed by atoms with Crippen molar-refractivity contribution in [2.75, 3.05) is 26.2 Å². The first kappa shape index (κ1) is 14.1. The van der Waals surface area contributed by atoms with Crippen molar-refractivity contribution < 1.29 is 19.8 Å². The number of aromatic carboxylic acids is 2. The quantitative estimate of drug-likeness (QED) is 0.602. The number of carbonyl (C=O) groups is 2. The minimum absolute atomic E-state index is 0.0186. The number of carboxylic acids is 2. The molecule has 0 radical (unpaired) electrons. The Balaban J connectivity index is 0.000000225. The van der Waals surface area contributed by atoms with Crippen LogP contribution in [0.5, 0.6) is 0 Å². The first-order valence-corrected chi connectivity index (χ1v) is 5.59. The summed E-state index contributed by atoms with van der Waals surface area (Å²) in [5, 5.41) is 23.4. The Morgan fingerprint density at radius 2 is 1.28 bits per heavy atom. The molecule has 0 spiro atoms. The lowest BCUT2D eigenvalue weighted by Crippen LogP contribution is -2.39. The van der Waals surface area contributed by atoms with Crippen LogP contribution in [-0.2, 0) is 0 Å².